The van der Waals surface area contributed by atoms with Crippen molar-refractivity contribution in [2.75, 3.05) is 32.7 Å². The topological polar surface area (TPSA) is 44.4 Å². The van der Waals surface area contributed by atoms with E-state index in [4.69, 9.17) is 0 Å². The minimum atomic E-state index is 0.181. The van der Waals surface area contributed by atoms with Gasteiger partial charge in [-0.05, 0) is 30.3 Å². The van der Waals surface area contributed by atoms with Gasteiger partial charge in [0.2, 0.25) is 5.91 Å². The number of hydrogen-bond acceptors (Lipinski definition) is 3. The lowest BCUT2D eigenvalue weighted by molar-refractivity contribution is -0.122. The Labute approximate surface area is 110 Å². The zero-order valence-electron chi connectivity index (χ0n) is 12.2. The standard InChI is InChI=1S/C14H27N3O/c1-13(2)12(14(13,3)4)16-11(18)10-17-8-5-6-15-7-9-17/h12,15H,5-10H2,1-4H3,(H,16,18). The monoisotopic (exact) mass is 253 g/mol. The molecule has 4 heteroatoms. The number of carbonyl (C=O) groups is 1. The van der Waals surface area contributed by atoms with Crippen LogP contribution in [-0.4, -0.2) is 49.6 Å². The van der Waals surface area contributed by atoms with Crippen molar-refractivity contribution in [2.45, 2.75) is 40.2 Å². The smallest absolute Gasteiger partial charge is 0.234 e. The molecule has 2 rings (SSSR count). The van der Waals surface area contributed by atoms with E-state index < -0.39 is 0 Å². The Kier molecular flexibility index (Phi) is 3.70. The van der Waals surface area contributed by atoms with Crippen molar-refractivity contribution < 1.29 is 4.79 Å². The third kappa shape index (κ3) is 2.54. The molecule has 0 unspecified atom stereocenters. The maximum absolute atomic E-state index is 12.1. The molecule has 0 radical (unpaired) electrons. The van der Waals surface area contributed by atoms with Crippen LogP contribution in [0.3, 0.4) is 0 Å². The second kappa shape index (κ2) is 4.82. The summed E-state index contributed by atoms with van der Waals surface area (Å²) in [6.07, 6.45) is 1.13. The van der Waals surface area contributed by atoms with Crippen LogP contribution in [0.4, 0.5) is 0 Å². The van der Waals surface area contributed by atoms with Gasteiger partial charge in [0.1, 0.15) is 0 Å². The Bertz CT molecular complexity index is 303. The lowest BCUT2D eigenvalue weighted by atomic mass is 10.0. The van der Waals surface area contributed by atoms with Crippen molar-refractivity contribution in [1.82, 2.24) is 15.5 Å². The van der Waals surface area contributed by atoms with Crippen LogP contribution in [0.5, 0.6) is 0 Å². The molecule has 1 aliphatic carbocycles. The van der Waals surface area contributed by atoms with Crippen LogP contribution in [-0.2, 0) is 4.79 Å². The molecule has 0 aromatic rings. The van der Waals surface area contributed by atoms with Gasteiger partial charge in [-0.1, -0.05) is 27.7 Å². The van der Waals surface area contributed by atoms with Crippen molar-refractivity contribution in [3.8, 4) is 0 Å². The number of carbonyl (C=O) groups excluding carboxylic acids is 1. The van der Waals surface area contributed by atoms with Crippen LogP contribution < -0.4 is 10.6 Å². The molecule has 1 amide bonds. The molecule has 1 saturated heterocycles. The molecule has 2 fully saturated rings. The summed E-state index contributed by atoms with van der Waals surface area (Å²) in [5.41, 5.74) is 0.450. The second-order valence-corrected chi connectivity index (χ2v) is 6.82. The quantitative estimate of drug-likeness (QED) is 0.783. The van der Waals surface area contributed by atoms with Crippen molar-refractivity contribution in [2.24, 2.45) is 10.8 Å². The highest BCUT2D eigenvalue weighted by atomic mass is 16.2. The minimum absolute atomic E-state index is 0.181. The molecule has 1 heterocycles. The number of hydrogen-bond donors (Lipinski definition) is 2. The Morgan fingerprint density at radius 2 is 1.89 bits per heavy atom. The molecular formula is C14H27N3O. The van der Waals surface area contributed by atoms with Gasteiger partial charge in [-0.3, -0.25) is 9.69 Å². The van der Waals surface area contributed by atoms with Gasteiger partial charge in [-0.25, -0.2) is 0 Å². The summed E-state index contributed by atoms with van der Waals surface area (Å²) in [6, 6.07) is 0.322. The fraction of sp³-hybridized carbons (Fsp3) is 0.929. The van der Waals surface area contributed by atoms with Crippen LogP contribution in [0, 0.1) is 10.8 Å². The van der Waals surface area contributed by atoms with E-state index >= 15 is 0 Å². The summed E-state index contributed by atoms with van der Waals surface area (Å²) in [6.45, 7) is 13.5. The third-order valence-corrected chi connectivity index (χ3v) is 5.13. The summed E-state index contributed by atoms with van der Waals surface area (Å²) in [7, 11) is 0. The largest absolute Gasteiger partial charge is 0.351 e. The Morgan fingerprint density at radius 1 is 1.22 bits per heavy atom. The van der Waals surface area contributed by atoms with Gasteiger partial charge in [0, 0.05) is 19.1 Å². The molecule has 1 saturated carbocycles. The number of nitrogens with one attached hydrogen (secondary N) is 2. The van der Waals surface area contributed by atoms with E-state index in [2.05, 4.69) is 43.2 Å². The second-order valence-electron chi connectivity index (χ2n) is 6.82. The van der Waals surface area contributed by atoms with Gasteiger partial charge in [0.25, 0.3) is 0 Å². The van der Waals surface area contributed by atoms with Crippen LogP contribution in [0.15, 0.2) is 0 Å². The number of nitrogens with zero attached hydrogens (tertiary/aromatic N) is 1. The van der Waals surface area contributed by atoms with E-state index in [1.165, 1.54) is 0 Å². The van der Waals surface area contributed by atoms with Crippen molar-refractivity contribution >= 4 is 5.91 Å². The fourth-order valence-electron chi connectivity index (χ4n) is 3.03. The van der Waals surface area contributed by atoms with Crippen LogP contribution in [0.2, 0.25) is 0 Å². The van der Waals surface area contributed by atoms with E-state index in [-0.39, 0.29) is 16.7 Å². The van der Waals surface area contributed by atoms with Crippen molar-refractivity contribution in [3.63, 3.8) is 0 Å². The lowest BCUT2D eigenvalue weighted by Gasteiger charge is -2.19. The van der Waals surface area contributed by atoms with Crippen LogP contribution in [0.25, 0.3) is 0 Å². The SMILES string of the molecule is CC1(C)C(NC(=O)CN2CCCNCC2)C1(C)C. The minimum Gasteiger partial charge on any atom is -0.351 e. The maximum atomic E-state index is 12.1. The summed E-state index contributed by atoms with van der Waals surface area (Å²) >= 11 is 0. The maximum Gasteiger partial charge on any atom is 0.234 e. The average molecular weight is 253 g/mol. The van der Waals surface area contributed by atoms with Gasteiger partial charge < -0.3 is 10.6 Å². The molecule has 4 nitrogen and oxygen atoms in total. The van der Waals surface area contributed by atoms with Gasteiger partial charge in [-0.2, -0.15) is 0 Å². The highest BCUT2D eigenvalue weighted by molar-refractivity contribution is 5.79. The highest BCUT2D eigenvalue weighted by Gasteiger charge is 2.65. The molecule has 0 spiro atoms. The van der Waals surface area contributed by atoms with Crippen LogP contribution in [0.1, 0.15) is 34.1 Å². The molecule has 0 aromatic heterocycles. The van der Waals surface area contributed by atoms with E-state index in [1.807, 2.05) is 0 Å². The van der Waals surface area contributed by atoms with Gasteiger partial charge in [0.15, 0.2) is 0 Å². The Morgan fingerprint density at radius 3 is 2.50 bits per heavy atom. The molecule has 2 aliphatic rings. The predicted octanol–water partition coefficient (Wildman–Crippen LogP) is 0.833. The average Bonchev–Trinajstić information content (AvgIpc) is 2.80. The Hall–Kier alpha value is -0.610. The molecular weight excluding hydrogens is 226 g/mol. The van der Waals surface area contributed by atoms with E-state index in [9.17, 15) is 4.79 Å². The number of amides is 1. The number of rotatable bonds is 3. The normalized spacial score (nSPS) is 27.6. The zero-order chi connectivity index (χ0) is 13.4. The van der Waals surface area contributed by atoms with E-state index in [0.717, 1.165) is 32.6 Å². The van der Waals surface area contributed by atoms with Crippen LogP contribution >= 0.6 is 0 Å². The van der Waals surface area contributed by atoms with E-state index in [0.29, 0.717) is 12.6 Å². The first kappa shape index (κ1) is 13.8. The molecule has 0 atom stereocenters. The summed E-state index contributed by atoms with van der Waals surface area (Å²) < 4.78 is 0. The lowest BCUT2D eigenvalue weighted by Crippen LogP contribution is -2.41. The first-order valence-corrected chi connectivity index (χ1v) is 7.08. The highest BCUT2D eigenvalue weighted by Crippen LogP contribution is 2.62. The first-order valence-electron chi connectivity index (χ1n) is 7.08. The Balaban J connectivity index is 1.79. The third-order valence-electron chi connectivity index (χ3n) is 5.13. The summed E-state index contributed by atoms with van der Waals surface area (Å²) in [4.78, 5) is 14.3. The first-order chi connectivity index (χ1) is 8.35. The molecule has 1 aliphatic heterocycles. The zero-order valence-corrected chi connectivity index (χ0v) is 12.2. The van der Waals surface area contributed by atoms with Gasteiger partial charge in [0.05, 0.1) is 6.54 Å². The molecule has 2 N–H and O–H groups in total. The van der Waals surface area contributed by atoms with E-state index in [1.54, 1.807) is 0 Å². The summed E-state index contributed by atoms with van der Waals surface area (Å²) in [5, 5.41) is 6.56. The molecule has 18 heavy (non-hydrogen) atoms. The van der Waals surface area contributed by atoms with Gasteiger partial charge in [-0.15, -0.1) is 0 Å². The summed E-state index contributed by atoms with van der Waals surface area (Å²) in [5.74, 6) is 0.181. The molecule has 0 bridgehead atoms. The van der Waals surface area contributed by atoms with Gasteiger partial charge >= 0.3 is 0 Å². The van der Waals surface area contributed by atoms with Crippen molar-refractivity contribution in [3.05, 3.63) is 0 Å². The predicted molar refractivity (Wildman–Crippen MR) is 73.4 cm³/mol. The molecule has 104 valence electrons. The molecule has 0 aromatic carbocycles. The fourth-order valence-corrected chi connectivity index (χ4v) is 3.03. The van der Waals surface area contributed by atoms with Crippen molar-refractivity contribution in [1.29, 1.82) is 0 Å².